The second-order valence-electron chi connectivity index (χ2n) is 9.89. The van der Waals surface area contributed by atoms with Crippen molar-refractivity contribution < 1.29 is 9.84 Å². The Hall–Kier alpha value is -2.83. The van der Waals surface area contributed by atoms with E-state index >= 15 is 0 Å². The molecule has 0 unspecified atom stereocenters. The second kappa shape index (κ2) is 9.20. The van der Waals surface area contributed by atoms with Crippen LogP contribution in [0.5, 0.6) is 11.5 Å². The lowest BCUT2D eigenvalue weighted by Crippen LogP contribution is -2.52. The van der Waals surface area contributed by atoms with Gasteiger partial charge in [-0.2, -0.15) is 0 Å². The predicted octanol–water partition coefficient (Wildman–Crippen LogP) is 4.06. The first kappa shape index (κ1) is 22.0. The van der Waals surface area contributed by atoms with Gasteiger partial charge in [-0.25, -0.2) is 0 Å². The molecule has 33 heavy (non-hydrogen) atoms. The maximum atomic E-state index is 10.1. The minimum absolute atomic E-state index is 0.0609. The van der Waals surface area contributed by atoms with Crippen molar-refractivity contribution in [2.75, 3.05) is 31.1 Å². The van der Waals surface area contributed by atoms with E-state index in [2.05, 4.69) is 52.5 Å². The van der Waals surface area contributed by atoms with Gasteiger partial charge in [-0.1, -0.05) is 37.3 Å². The molecule has 0 spiro atoms. The topological polar surface area (TPSA) is 83.6 Å². The van der Waals surface area contributed by atoms with Gasteiger partial charge in [0.25, 0.3) is 0 Å². The molecule has 4 N–H and O–H groups in total. The number of hydrogen-bond acceptors (Lipinski definition) is 6. The molecule has 0 amide bonds. The fourth-order valence-electron chi connectivity index (χ4n) is 5.67. The Balaban J connectivity index is 1.32. The fraction of sp³-hybridized carbons (Fsp3) is 0.444. The molecular weight excluding hydrogens is 412 g/mol. The molecule has 174 valence electrons. The Morgan fingerprint density at radius 2 is 2.06 bits per heavy atom. The van der Waals surface area contributed by atoms with Crippen molar-refractivity contribution in [1.29, 1.82) is 0 Å². The van der Waals surface area contributed by atoms with Gasteiger partial charge in [-0.15, -0.1) is 0 Å². The van der Waals surface area contributed by atoms with Gasteiger partial charge in [-0.05, 0) is 60.9 Å². The summed E-state index contributed by atoms with van der Waals surface area (Å²) in [5.41, 5.74) is 9.66. The Kier molecular flexibility index (Phi) is 6.13. The number of pyridine rings is 1. The first-order valence-corrected chi connectivity index (χ1v) is 12.0. The molecule has 6 heteroatoms. The van der Waals surface area contributed by atoms with Crippen LogP contribution in [0.1, 0.15) is 31.7 Å². The summed E-state index contributed by atoms with van der Waals surface area (Å²) < 4.78 is 5.93. The molecule has 0 saturated heterocycles. The van der Waals surface area contributed by atoms with Gasteiger partial charge in [-0.3, -0.25) is 4.98 Å². The van der Waals surface area contributed by atoms with E-state index in [0.29, 0.717) is 25.1 Å². The molecule has 0 bridgehead atoms. The Morgan fingerprint density at radius 1 is 1.21 bits per heavy atom. The van der Waals surface area contributed by atoms with Crippen molar-refractivity contribution in [3.8, 4) is 11.5 Å². The second-order valence-corrected chi connectivity index (χ2v) is 9.89. The first-order valence-electron chi connectivity index (χ1n) is 12.0. The number of anilines is 1. The molecule has 1 saturated carbocycles. The number of nitrogens with zero attached hydrogens (tertiary/aromatic N) is 2. The first-order chi connectivity index (χ1) is 16.1. The van der Waals surface area contributed by atoms with Gasteiger partial charge in [0.15, 0.2) is 5.75 Å². The van der Waals surface area contributed by atoms with Crippen LogP contribution < -0.4 is 20.7 Å². The van der Waals surface area contributed by atoms with Gasteiger partial charge in [0, 0.05) is 24.5 Å². The van der Waals surface area contributed by atoms with E-state index in [1.165, 1.54) is 12.0 Å². The average Bonchev–Trinajstić information content (AvgIpc) is 2.84. The minimum Gasteiger partial charge on any atom is -0.508 e. The SMILES string of the molecule is C[C@]1(CN)C[C@H](CN2CCOc3cnc4ccc(O)cc4c32)CC[C@H]1NCc1ccccc1. The molecule has 2 aliphatic rings. The molecule has 2 heterocycles. The minimum atomic E-state index is 0.0609. The number of aromatic nitrogens is 1. The molecular formula is C27H34N4O2. The summed E-state index contributed by atoms with van der Waals surface area (Å²) in [6.45, 7) is 6.36. The quantitative estimate of drug-likeness (QED) is 0.530. The lowest BCUT2D eigenvalue weighted by molar-refractivity contribution is 0.111. The number of hydrogen-bond donors (Lipinski definition) is 3. The van der Waals surface area contributed by atoms with E-state index in [1.54, 1.807) is 12.1 Å². The molecule has 1 fully saturated rings. The van der Waals surface area contributed by atoms with Crippen LogP contribution in [-0.2, 0) is 6.54 Å². The Morgan fingerprint density at radius 3 is 2.88 bits per heavy atom. The van der Waals surface area contributed by atoms with Gasteiger partial charge >= 0.3 is 0 Å². The van der Waals surface area contributed by atoms with E-state index in [4.69, 9.17) is 10.5 Å². The van der Waals surface area contributed by atoms with Crippen LogP contribution in [0.4, 0.5) is 5.69 Å². The zero-order valence-corrected chi connectivity index (χ0v) is 19.3. The summed E-state index contributed by atoms with van der Waals surface area (Å²) in [5, 5.41) is 14.8. The molecule has 6 nitrogen and oxygen atoms in total. The zero-order chi connectivity index (χ0) is 22.8. The van der Waals surface area contributed by atoms with Gasteiger partial charge in [0.05, 0.1) is 23.9 Å². The highest BCUT2D eigenvalue weighted by molar-refractivity contribution is 5.96. The predicted molar refractivity (Wildman–Crippen MR) is 133 cm³/mol. The van der Waals surface area contributed by atoms with Crippen molar-refractivity contribution in [2.24, 2.45) is 17.1 Å². The summed E-state index contributed by atoms with van der Waals surface area (Å²) in [6, 6.07) is 16.4. The lowest BCUT2D eigenvalue weighted by Gasteiger charge is -2.46. The molecule has 5 rings (SSSR count). The van der Waals surface area contributed by atoms with E-state index in [-0.39, 0.29) is 11.2 Å². The van der Waals surface area contributed by atoms with Gasteiger partial charge in [0.1, 0.15) is 12.4 Å². The number of fused-ring (bicyclic) bond motifs is 3. The van der Waals surface area contributed by atoms with Crippen molar-refractivity contribution in [2.45, 2.75) is 38.8 Å². The summed E-state index contributed by atoms with van der Waals surface area (Å²) >= 11 is 0. The Bertz CT molecular complexity index is 1110. The number of phenolic OH excluding ortho intramolecular Hbond substituents is 1. The van der Waals surface area contributed by atoms with E-state index < -0.39 is 0 Å². The molecule has 2 aromatic carbocycles. The number of aromatic hydroxyl groups is 1. The number of nitrogens with two attached hydrogens (primary N) is 1. The maximum absolute atomic E-state index is 10.1. The molecule has 1 aromatic heterocycles. The van der Waals surface area contributed by atoms with Crippen molar-refractivity contribution in [3.63, 3.8) is 0 Å². The summed E-state index contributed by atoms with van der Waals surface area (Å²) in [5.74, 6) is 1.61. The van der Waals surface area contributed by atoms with Crippen molar-refractivity contribution >= 4 is 16.6 Å². The van der Waals surface area contributed by atoms with E-state index in [0.717, 1.165) is 54.8 Å². The maximum Gasteiger partial charge on any atom is 0.161 e. The monoisotopic (exact) mass is 446 g/mol. The van der Waals surface area contributed by atoms with Crippen LogP contribution in [0.2, 0.25) is 0 Å². The van der Waals surface area contributed by atoms with Crippen LogP contribution in [0.3, 0.4) is 0 Å². The van der Waals surface area contributed by atoms with Crippen molar-refractivity contribution in [1.82, 2.24) is 10.3 Å². The lowest BCUT2D eigenvalue weighted by atomic mass is 9.67. The summed E-state index contributed by atoms with van der Waals surface area (Å²) in [4.78, 5) is 6.95. The third-order valence-corrected chi connectivity index (χ3v) is 7.52. The van der Waals surface area contributed by atoms with Gasteiger partial charge in [0.2, 0.25) is 0 Å². The molecule has 3 atom stereocenters. The fourth-order valence-corrected chi connectivity index (χ4v) is 5.67. The number of ether oxygens (including phenoxy) is 1. The smallest absolute Gasteiger partial charge is 0.161 e. The van der Waals surface area contributed by atoms with Crippen LogP contribution in [-0.4, -0.2) is 42.4 Å². The highest BCUT2D eigenvalue weighted by atomic mass is 16.5. The van der Waals surface area contributed by atoms with Gasteiger partial charge < -0.3 is 25.8 Å². The molecule has 1 aliphatic heterocycles. The van der Waals surface area contributed by atoms with E-state index in [1.807, 2.05) is 12.3 Å². The van der Waals surface area contributed by atoms with Crippen LogP contribution in [0.15, 0.2) is 54.7 Å². The van der Waals surface area contributed by atoms with Crippen LogP contribution in [0, 0.1) is 11.3 Å². The molecule has 1 aliphatic carbocycles. The Labute approximate surface area is 195 Å². The summed E-state index contributed by atoms with van der Waals surface area (Å²) in [6.07, 6.45) is 5.20. The zero-order valence-electron chi connectivity index (χ0n) is 19.3. The normalized spacial score (nSPS) is 25.0. The van der Waals surface area contributed by atoms with Crippen LogP contribution >= 0.6 is 0 Å². The highest BCUT2D eigenvalue weighted by Gasteiger charge is 2.40. The standard InChI is InChI=1S/C27H34N4O2/c1-27(18-28)14-20(7-10-25(27)30-15-19-5-3-2-4-6-19)17-31-11-12-33-24-16-29-23-9-8-21(32)13-22(23)26(24)31/h2-6,8-9,13,16,20,25,30,32H,7,10-12,14-15,17-18,28H2,1H3/t20-,25-,27-/m1/s1. The highest BCUT2D eigenvalue weighted by Crippen LogP contribution is 2.43. The number of nitrogens with one attached hydrogen (secondary N) is 1. The van der Waals surface area contributed by atoms with E-state index in [9.17, 15) is 5.11 Å². The third kappa shape index (κ3) is 4.50. The average molecular weight is 447 g/mol. The number of phenols is 1. The van der Waals surface area contributed by atoms with Crippen LogP contribution in [0.25, 0.3) is 10.9 Å². The largest absolute Gasteiger partial charge is 0.508 e. The van der Waals surface area contributed by atoms with Crippen molar-refractivity contribution in [3.05, 3.63) is 60.3 Å². The number of benzene rings is 2. The third-order valence-electron chi connectivity index (χ3n) is 7.52. The number of rotatable bonds is 6. The summed E-state index contributed by atoms with van der Waals surface area (Å²) in [7, 11) is 0. The molecule has 0 radical (unpaired) electrons. The molecule has 3 aromatic rings.